The van der Waals surface area contributed by atoms with E-state index in [1.54, 1.807) is 0 Å². The highest BCUT2D eigenvalue weighted by Crippen LogP contribution is 2.29. The van der Waals surface area contributed by atoms with Gasteiger partial charge >= 0.3 is 0 Å². The second kappa shape index (κ2) is 7.12. The van der Waals surface area contributed by atoms with Gasteiger partial charge in [-0.2, -0.15) is 0 Å². The van der Waals surface area contributed by atoms with Crippen molar-refractivity contribution in [3.05, 3.63) is 29.3 Å². The van der Waals surface area contributed by atoms with Gasteiger partial charge in [0.15, 0.2) is 0 Å². The minimum Gasteiger partial charge on any atom is -0.492 e. The third kappa shape index (κ3) is 3.99. The van der Waals surface area contributed by atoms with E-state index in [0.29, 0.717) is 6.04 Å². The van der Waals surface area contributed by atoms with Gasteiger partial charge < -0.3 is 10.1 Å². The van der Waals surface area contributed by atoms with Gasteiger partial charge in [-0.3, -0.25) is 0 Å². The van der Waals surface area contributed by atoms with Crippen molar-refractivity contribution in [3.63, 3.8) is 0 Å². The lowest BCUT2D eigenvalue weighted by molar-refractivity contribution is 0.197. The largest absolute Gasteiger partial charge is 0.492 e. The highest BCUT2D eigenvalue weighted by molar-refractivity contribution is 5.35. The lowest BCUT2D eigenvalue weighted by Crippen LogP contribution is -2.42. The second-order valence-electron chi connectivity index (χ2n) is 6.45. The van der Waals surface area contributed by atoms with Crippen LogP contribution in [0.2, 0.25) is 0 Å². The van der Waals surface area contributed by atoms with E-state index in [1.165, 1.54) is 30.4 Å². The zero-order chi connectivity index (χ0) is 14.5. The molecule has 0 spiro atoms. The van der Waals surface area contributed by atoms with E-state index in [2.05, 4.69) is 51.2 Å². The summed E-state index contributed by atoms with van der Waals surface area (Å²) in [5, 5.41) is 3.68. The van der Waals surface area contributed by atoms with Gasteiger partial charge in [-0.25, -0.2) is 0 Å². The molecule has 0 saturated heterocycles. The van der Waals surface area contributed by atoms with Crippen molar-refractivity contribution < 1.29 is 4.74 Å². The first kappa shape index (κ1) is 15.4. The van der Waals surface area contributed by atoms with E-state index < -0.39 is 0 Å². The van der Waals surface area contributed by atoms with Crippen LogP contribution in [-0.2, 0) is 0 Å². The summed E-state index contributed by atoms with van der Waals surface area (Å²) < 4.78 is 5.88. The maximum Gasteiger partial charge on any atom is 0.122 e. The summed E-state index contributed by atoms with van der Waals surface area (Å²) in [7, 11) is 0. The molecule has 0 aliphatic heterocycles. The molecule has 1 aliphatic carbocycles. The van der Waals surface area contributed by atoms with Crippen LogP contribution in [0, 0.1) is 25.7 Å². The molecule has 20 heavy (non-hydrogen) atoms. The van der Waals surface area contributed by atoms with Crippen molar-refractivity contribution in [2.45, 2.75) is 53.0 Å². The summed E-state index contributed by atoms with van der Waals surface area (Å²) in [4.78, 5) is 0. The molecule has 112 valence electrons. The number of hydrogen-bond acceptors (Lipinski definition) is 2. The maximum atomic E-state index is 5.88. The molecule has 1 saturated carbocycles. The maximum absolute atomic E-state index is 5.88. The van der Waals surface area contributed by atoms with Gasteiger partial charge in [0.2, 0.25) is 0 Å². The first-order valence-electron chi connectivity index (χ1n) is 8.01. The van der Waals surface area contributed by atoms with Gasteiger partial charge in [0.05, 0.1) is 0 Å². The van der Waals surface area contributed by atoms with Crippen LogP contribution in [0.1, 0.15) is 44.2 Å². The lowest BCUT2D eigenvalue weighted by Gasteiger charge is -2.34. The molecule has 0 amide bonds. The monoisotopic (exact) mass is 275 g/mol. The molecule has 0 radical (unpaired) electrons. The van der Waals surface area contributed by atoms with Crippen molar-refractivity contribution in [1.82, 2.24) is 5.32 Å². The molecule has 0 bridgehead atoms. The van der Waals surface area contributed by atoms with E-state index in [-0.39, 0.29) is 0 Å². The number of hydrogen-bond donors (Lipinski definition) is 1. The Balaban J connectivity index is 1.73. The molecule has 0 heterocycles. The number of aryl methyl sites for hydroxylation is 2. The van der Waals surface area contributed by atoms with Crippen LogP contribution in [-0.4, -0.2) is 19.2 Å². The Hall–Kier alpha value is -1.02. The van der Waals surface area contributed by atoms with Crippen molar-refractivity contribution in [1.29, 1.82) is 0 Å². The summed E-state index contributed by atoms with van der Waals surface area (Å²) in [6.07, 6.45) is 4.06. The summed E-state index contributed by atoms with van der Waals surface area (Å²) in [5.74, 6) is 2.65. The molecule has 2 heteroatoms. The van der Waals surface area contributed by atoms with E-state index in [1.807, 2.05) is 0 Å². The van der Waals surface area contributed by atoms with Crippen molar-refractivity contribution in [3.8, 4) is 5.75 Å². The predicted octanol–water partition coefficient (Wildman–Crippen LogP) is 4.10. The van der Waals surface area contributed by atoms with Gasteiger partial charge in [0, 0.05) is 12.6 Å². The molecular formula is C18H29NO. The number of ether oxygens (including phenoxy) is 1. The summed E-state index contributed by atoms with van der Waals surface area (Å²) in [6.45, 7) is 10.7. The van der Waals surface area contributed by atoms with Gasteiger partial charge in [0.25, 0.3) is 0 Å². The van der Waals surface area contributed by atoms with Crippen molar-refractivity contribution >= 4 is 0 Å². The van der Waals surface area contributed by atoms with Gasteiger partial charge in [0.1, 0.15) is 12.4 Å². The van der Waals surface area contributed by atoms with E-state index >= 15 is 0 Å². The fourth-order valence-corrected chi connectivity index (χ4v) is 3.24. The molecule has 1 fully saturated rings. The van der Waals surface area contributed by atoms with Gasteiger partial charge in [-0.15, -0.1) is 0 Å². The quantitative estimate of drug-likeness (QED) is 0.817. The molecule has 3 atom stereocenters. The Bertz CT molecular complexity index is 429. The smallest absolute Gasteiger partial charge is 0.122 e. The minimum absolute atomic E-state index is 0.668. The van der Waals surface area contributed by atoms with Crippen molar-refractivity contribution in [2.24, 2.45) is 11.8 Å². The van der Waals surface area contributed by atoms with Crippen LogP contribution in [0.3, 0.4) is 0 Å². The normalized spacial score (nSPS) is 26.5. The Morgan fingerprint density at radius 3 is 2.75 bits per heavy atom. The first-order valence-corrected chi connectivity index (χ1v) is 8.01. The zero-order valence-electron chi connectivity index (χ0n) is 13.4. The standard InChI is InChI=1S/C18H29NO/c1-13-8-9-18(15(3)12-13)20-11-10-19-17-7-5-6-14(2)16(17)4/h8-9,12,14,16-17,19H,5-7,10-11H2,1-4H3/t14-,16-,17-/m1/s1. The van der Waals surface area contributed by atoms with Gasteiger partial charge in [-0.05, 0) is 43.7 Å². The first-order chi connectivity index (χ1) is 9.58. The number of nitrogens with one attached hydrogen (secondary N) is 1. The summed E-state index contributed by atoms with van der Waals surface area (Å²) in [5.41, 5.74) is 2.52. The molecule has 2 rings (SSSR count). The Morgan fingerprint density at radius 1 is 1.20 bits per heavy atom. The summed E-state index contributed by atoms with van der Waals surface area (Å²) in [6, 6.07) is 7.03. The molecule has 1 aliphatic rings. The average Bonchev–Trinajstić information content (AvgIpc) is 2.41. The third-order valence-corrected chi connectivity index (χ3v) is 4.80. The van der Waals surface area contributed by atoms with E-state index in [4.69, 9.17) is 4.74 Å². The topological polar surface area (TPSA) is 21.3 Å². The molecule has 1 N–H and O–H groups in total. The molecular weight excluding hydrogens is 246 g/mol. The van der Waals surface area contributed by atoms with Crippen LogP contribution in [0.5, 0.6) is 5.75 Å². The zero-order valence-corrected chi connectivity index (χ0v) is 13.4. The Morgan fingerprint density at radius 2 is 2.00 bits per heavy atom. The predicted molar refractivity (Wildman–Crippen MR) is 85.4 cm³/mol. The Labute approximate surface area is 123 Å². The molecule has 2 nitrogen and oxygen atoms in total. The molecule has 1 aromatic rings. The van der Waals surface area contributed by atoms with Crippen LogP contribution in [0.15, 0.2) is 18.2 Å². The molecule has 1 aromatic carbocycles. The van der Waals surface area contributed by atoms with Crippen LogP contribution in [0.25, 0.3) is 0 Å². The van der Waals surface area contributed by atoms with Crippen molar-refractivity contribution in [2.75, 3.05) is 13.2 Å². The Kier molecular flexibility index (Phi) is 5.47. The number of rotatable bonds is 5. The average molecular weight is 275 g/mol. The number of benzene rings is 1. The highest BCUT2D eigenvalue weighted by Gasteiger charge is 2.26. The van der Waals surface area contributed by atoms with Crippen LogP contribution >= 0.6 is 0 Å². The fraction of sp³-hybridized carbons (Fsp3) is 0.667. The lowest BCUT2D eigenvalue weighted by atomic mass is 9.78. The second-order valence-corrected chi connectivity index (χ2v) is 6.45. The van der Waals surface area contributed by atoms with Gasteiger partial charge in [-0.1, -0.05) is 44.4 Å². The van der Waals surface area contributed by atoms with E-state index in [0.717, 1.165) is 30.7 Å². The highest BCUT2D eigenvalue weighted by atomic mass is 16.5. The minimum atomic E-state index is 0.668. The van der Waals surface area contributed by atoms with Crippen LogP contribution in [0.4, 0.5) is 0 Å². The molecule has 0 aromatic heterocycles. The van der Waals surface area contributed by atoms with E-state index in [9.17, 15) is 0 Å². The van der Waals surface area contributed by atoms with Crippen LogP contribution < -0.4 is 10.1 Å². The summed E-state index contributed by atoms with van der Waals surface area (Å²) >= 11 is 0. The third-order valence-electron chi connectivity index (χ3n) is 4.80. The molecule has 0 unspecified atom stereocenters. The fourth-order valence-electron chi connectivity index (χ4n) is 3.24. The SMILES string of the molecule is Cc1ccc(OCCN[C@@H]2CCC[C@@H](C)[C@H]2C)c(C)c1.